The van der Waals surface area contributed by atoms with E-state index in [4.69, 9.17) is 0 Å². The summed E-state index contributed by atoms with van der Waals surface area (Å²) in [5.41, 5.74) is 0. The minimum absolute atomic E-state index is 1.12. The predicted octanol–water partition coefficient (Wildman–Crippen LogP) is 4.78. The highest BCUT2D eigenvalue weighted by atomic mass is 19.4. The zero-order valence-corrected chi connectivity index (χ0v) is 7.69. The largest absolute Gasteiger partial charge is 0.459 e. The molecule has 0 N–H and O–H groups in total. The van der Waals surface area contributed by atoms with Crippen LogP contribution in [0, 0.1) is 0 Å². The smallest absolute Gasteiger partial charge is 0.212 e. The SMILES string of the molecule is F/C=C(/F)C(F)(F)F.FC(F)C(F)(F)C(F)(F)F. The summed E-state index contributed by atoms with van der Waals surface area (Å²) in [7, 11) is 0. The first-order valence-corrected chi connectivity index (χ1v) is 3.43. The molecule has 110 valence electrons. The Labute approximate surface area is 90.9 Å². The van der Waals surface area contributed by atoms with E-state index >= 15 is 0 Å². The van der Waals surface area contributed by atoms with Crippen LogP contribution in [0.4, 0.5) is 52.7 Å². The molecule has 0 amide bonds. The van der Waals surface area contributed by atoms with Crippen molar-refractivity contribution in [3.8, 4) is 0 Å². The summed E-state index contributed by atoms with van der Waals surface area (Å²) in [6.45, 7) is 0. The van der Waals surface area contributed by atoms with Crippen molar-refractivity contribution in [3.63, 3.8) is 0 Å². The van der Waals surface area contributed by atoms with E-state index in [0.29, 0.717) is 0 Å². The van der Waals surface area contributed by atoms with Crippen LogP contribution in [-0.2, 0) is 0 Å². The van der Waals surface area contributed by atoms with E-state index in [1.165, 1.54) is 0 Å². The van der Waals surface area contributed by atoms with Gasteiger partial charge in [0.1, 0.15) is 6.33 Å². The van der Waals surface area contributed by atoms with Crippen molar-refractivity contribution in [2.45, 2.75) is 24.7 Å². The van der Waals surface area contributed by atoms with Crippen LogP contribution < -0.4 is 0 Å². The van der Waals surface area contributed by atoms with Gasteiger partial charge in [0.25, 0.3) is 0 Å². The Hall–Kier alpha value is -1.10. The van der Waals surface area contributed by atoms with Crippen molar-refractivity contribution in [1.82, 2.24) is 0 Å². The molecule has 0 fully saturated rings. The summed E-state index contributed by atoms with van der Waals surface area (Å²) in [5, 5.41) is 0. The maximum Gasteiger partial charge on any atom is 0.459 e. The molecule has 12 heteroatoms. The lowest BCUT2D eigenvalue weighted by Crippen LogP contribution is -2.42. The second-order valence-electron chi connectivity index (χ2n) is 2.38. The van der Waals surface area contributed by atoms with Gasteiger partial charge in [-0.15, -0.1) is 0 Å². The Kier molecular flexibility index (Phi) is 6.61. The number of alkyl halides is 10. The van der Waals surface area contributed by atoms with E-state index in [2.05, 4.69) is 0 Å². The van der Waals surface area contributed by atoms with Gasteiger partial charge in [-0.25, -0.2) is 13.2 Å². The summed E-state index contributed by atoms with van der Waals surface area (Å²) in [6.07, 6.45) is -17.2. The van der Waals surface area contributed by atoms with E-state index in [0.717, 1.165) is 0 Å². The number of halogens is 12. The maximum atomic E-state index is 11.2. The summed E-state index contributed by atoms with van der Waals surface area (Å²) in [6, 6.07) is 0. The van der Waals surface area contributed by atoms with Gasteiger partial charge in [0.15, 0.2) is 0 Å². The average Bonchev–Trinajstić information content (AvgIpc) is 2.14. The van der Waals surface area contributed by atoms with Crippen LogP contribution in [0.15, 0.2) is 12.2 Å². The van der Waals surface area contributed by atoms with E-state index in [1.54, 1.807) is 0 Å². The molecular weight excluding hydrogens is 300 g/mol. The third kappa shape index (κ3) is 6.00. The van der Waals surface area contributed by atoms with E-state index in [-0.39, 0.29) is 0 Å². The lowest BCUT2D eigenvalue weighted by Gasteiger charge is -2.17. The number of allylic oxidation sites excluding steroid dienone is 1. The normalized spacial score (nSPS) is 14.4. The third-order valence-electron chi connectivity index (χ3n) is 1.02. The highest BCUT2D eigenvalue weighted by molar-refractivity contribution is 4.93. The summed E-state index contributed by atoms with van der Waals surface area (Å²) in [4.78, 5) is 0. The van der Waals surface area contributed by atoms with Crippen molar-refractivity contribution in [2.24, 2.45) is 0 Å². The van der Waals surface area contributed by atoms with E-state index in [1.807, 2.05) is 0 Å². The van der Waals surface area contributed by atoms with Gasteiger partial charge in [0.05, 0.1) is 0 Å². The molecule has 0 aromatic heterocycles. The van der Waals surface area contributed by atoms with Crippen molar-refractivity contribution < 1.29 is 52.7 Å². The molecule has 0 saturated carbocycles. The summed E-state index contributed by atoms with van der Waals surface area (Å²) >= 11 is 0. The van der Waals surface area contributed by atoms with Gasteiger partial charge in [-0.3, -0.25) is 0 Å². The molecule has 0 aliphatic carbocycles. The molecule has 0 saturated heterocycles. The van der Waals surface area contributed by atoms with Crippen LogP contribution in [0.1, 0.15) is 0 Å². The van der Waals surface area contributed by atoms with Gasteiger partial charge < -0.3 is 0 Å². The molecule has 0 aliphatic rings. The fourth-order valence-electron chi connectivity index (χ4n) is 0.186. The van der Waals surface area contributed by atoms with Crippen molar-refractivity contribution in [3.05, 3.63) is 12.2 Å². The minimum atomic E-state index is -6.17. The first-order chi connectivity index (χ1) is 7.67. The second-order valence-corrected chi connectivity index (χ2v) is 2.38. The highest BCUT2D eigenvalue weighted by Gasteiger charge is 2.64. The first-order valence-electron chi connectivity index (χ1n) is 3.43. The monoisotopic (exact) mass is 302 g/mol. The highest BCUT2D eigenvalue weighted by Crippen LogP contribution is 2.39. The van der Waals surface area contributed by atoms with Crippen molar-refractivity contribution in [1.29, 1.82) is 0 Å². The number of hydrogen-bond donors (Lipinski definition) is 0. The molecule has 0 aromatic rings. The van der Waals surface area contributed by atoms with E-state index < -0.39 is 36.9 Å². The zero-order chi connectivity index (χ0) is 15.4. The van der Waals surface area contributed by atoms with Gasteiger partial charge in [-0.05, 0) is 0 Å². The Bertz CT molecular complexity index is 267. The van der Waals surface area contributed by atoms with E-state index in [9.17, 15) is 52.7 Å². The Morgan fingerprint density at radius 2 is 1.17 bits per heavy atom. The fraction of sp³-hybridized carbons (Fsp3) is 0.667. The number of rotatable bonds is 1. The lowest BCUT2D eigenvalue weighted by molar-refractivity contribution is -0.320. The molecule has 0 atom stereocenters. The molecule has 0 radical (unpaired) electrons. The molecule has 0 spiro atoms. The average molecular weight is 302 g/mol. The minimum Gasteiger partial charge on any atom is -0.212 e. The zero-order valence-electron chi connectivity index (χ0n) is 7.69. The lowest BCUT2D eigenvalue weighted by atomic mass is 10.3. The molecule has 0 rings (SSSR count). The summed E-state index contributed by atoms with van der Waals surface area (Å²) in [5.74, 6) is -8.61. The summed E-state index contributed by atoms with van der Waals surface area (Å²) < 4.78 is 131. The molecule has 0 aromatic carbocycles. The van der Waals surface area contributed by atoms with Crippen LogP contribution in [0.2, 0.25) is 0 Å². The first kappa shape index (κ1) is 19.2. The van der Waals surface area contributed by atoms with Gasteiger partial charge in [-0.1, -0.05) is 0 Å². The van der Waals surface area contributed by atoms with Crippen LogP contribution in [0.25, 0.3) is 0 Å². The molecular formula is C6H2F12. The molecule has 0 bridgehead atoms. The topological polar surface area (TPSA) is 0 Å². The Balaban J connectivity index is 0. The Morgan fingerprint density at radius 3 is 1.17 bits per heavy atom. The van der Waals surface area contributed by atoms with Gasteiger partial charge in [0.2, 0.25) is 5.83 Å². The Morgan fingerprint density at radius 1 is 0.833 bits per heavy atom. The van der Waals surface area contributed by atoms with Crippen molar-refractivity contribution >= 4 is 0 Å². The standard InChI is InChI=1S/C3HF7.C3HF5/c4-1(5)2(6,7)3(8,9)10;4-1-2(5)3(6,7)8/h1H;1H/b;2-1+. The number of hydrogen-bond acceptors (Lipinski definition) is 0. The molecule has 0 nitrogen and oxygen atoms in total. The van der Waals surface area contributed by atoms with Gasteiger partial charge in [-0.2, -0.15) is 39.5 Å². The molecule has 0 heterocycles. The fourth-order valence-corrected chi connectivity index (χ4v) is 0.186. The second kappa shape index (κ2) is 6.18. The van der Waals surface area contributed by atoms with Crippen LogP contribution in [-0.4, -0.2) is 24.7 Å². The van der Waals surface area contributed by atoms with Gasteiger partial charge >= 0.3 is 24.7 Å². The quantitative estimate of drug-likeness (QED) is 0.612. The third-order valence-corrected chi connectivity index (χ3v) is 1.02. The molecule has 0 unspecified atom stereocenters. The predicted molar refractivity (Wildman–Crippen MR) is 33.4 cm³/mol. The molecule has 0 aliphatic heterocycles. The van der Waals surface area contributed by atoms with Gasteiger partial charge in [0, 0.05) is 0 Å². The van der Waals surface area contributed by atoms with Crippen LogP contribution >= 0.6 is 0 Å². The van der Waals surface area contributed by atoms with Crippen LogP contribution in [0.3, 0.4) is 0 Å². The molecule has 18 heavy (non-hydrogen) atoms. The van der Waals surface area contributed by atoms with Crippen molar-refractivity contribution in [2.75, 3.05) is 0 Å². The maximum absolute atomic E-state index is 11.2. The van der Waals surface area contributed by atoms with Crippen LogP contribution in [0.5, 0.6) is 0 Å².